The van der Waals surface area contributed by atoms with E-state index in [0.717, 1.165) is 6.42 Å². The Hall–Kier alpha value is -0.590. The van der Waals surface area contributed by atoms with E-state index in [9.17, 15) is 4.39 Å². The normalized spacial score (nSPS) is 11.6. The summed E-state index contributed by atoms with van der Waals surface area (Å²) in [6.45, 7) is 6.98. The van der Waals surface area contributed by atoms with Gasteiger partial charge in [0.1, 0.15) is 5.83 Å². The first-order chi connectivity index (χ1) is 3.68. The summed E-state index contributed by atoms with van der Waals surface area (Å²) in [5.74, 6) is -0.187. The van der Waals surface area contributed by atoms with Crippen LogP contribution in [-0.4, -0.2) is 0 Å². The third-order valence-electron chi connectivity index (χ3n) is 0.791. The van der Waals surface area contributed by atoms with Gasteiger partial charge in [-0.1, -0.05) is 13.5 Å². The maximum Gasteiger partial charge on any atom is 0.121 e. The number of hydrogen-bond acceptors (Lipinski definition) is 0. The summed E-state index contributed by atoms with van der Waals surface area (Å²) >= 11 is 0. The maximum absolute atomic E-state index is 12.3. The van der Waals surface area contributed by atoms with Gasteiger partial charge < -0.3 is 0 Å². The molecule has 46 valence electrons. The zero-order valence-corrected chi connectivity index (χ0v) is 5.37. The van der Waals surface area contributed by atoms with Crippen molar-refractivity contribution in [2.75, 3.05) is 0 Å². The number of hydrogen-bond donors (Lipinski definition) is 0. The van der Waals surface area contributed by atoms with Crippen LogP contribution < -0.4 is 0 Å². The van der Waals surface area contributed by atoms with Gasteiger partial charge in [-0.2, -0.15) is 0 Å². The van der Waals surface area contributed by atoms with Gasteiger partial charge in [0, 0.05) is 0 Å². The van der Waals surface area contributed by atoms with Gasteiger partial charge >= 0.3 is 0 Å². The van der Waals surface area contributed by atoms with Crippen molar-refractivity contribution >= 4 is 0 Å². The summed E-state index contributed by atoms with van der Waals surface area (Å²) in [5, 5.41) is 0. The Labute approximate surface area is 49.7 Å². The van der Waals surface area contributed by atoms with E-state index in [1.165, 1.54) is 6.08 Å². The van der Waals surface area contributed by atoms with Crippen LogP contribution in [0.4, 0.5) is 4.39 Å². The zero-order valence-electron chi connectivity index (χ0n) is 5.37. The zero-order chi connectivity index (χ0) is 6.57. The molecule has 0 fully saturated rings. The highest BCUT2D eigenvalue weighted by Crippen LogP contribution is 2.07. The minimum atomic E-state index is -0.187. The second kappa shape index (κ2) is 3.42. The van der Waals surface area contributed by atoms with Crippen LogP contribution in [-0.2, 0) is 0 Å². The van der Waals surface area contributed by atoms with Gasteiger partial charge in [-0.3, -0.25) is 0 Å². The van der Waals surface area contributed by atoms with Gasteiger partial charge in [0.25, 0.3) is 0 Å². The fourth-order valence-electron chi connectivity index (χ4n) is 0.353. The van der Waals surface area contributed by atoms with Crippen LogP contribution in [0.5, 0.6) is 0 Å². The lowest BCUT2D eigenvalue weighted by molar-refractivity contribution is 0.647. The first-order valence-electron chi connectivity index (χ1n) is 2.70. The molecule has 0 saturated heterocycles. The summed E-state index contributed by atoms with van der Waals surface area (Å²) < 4.78 is 12.3. The summed E-state index contributed by atoms with van der Waals surface area (Å²) in [6, 6.07) is 0. The van der Waals surface area contributed by atoms with Crippen molar-refractivity contribution in [3.05, 3.63) is 24.1 Å². The van der Waals surface area contributed by atoms with Crippen molar-refractivity contribution in [1.82, 2.24) is 0 Å². The lowest BCUT2D eigenvalue weighted by Crippen LogP contribution is -1.71. The molecule has 0 aromatic rings. The van der Waals surface area contributed by atoms with Crippen LogP contribution in [0.3, 0.4) is 0 Å². The molecule has 0 N–H and O–H groups in total. The summed E-state index contributed by atoms with van der Waals surface area (Å²) in [6.07, 6.45) is 2.25. The van der Waals surface area contributed by atoms with Crippen LogP contribution in [0.25, 0.3) is 0 Å². The van der Waals surface area contributed by atoms with Gasteiger partial charge in [0.15, 0.2) is 0 Å². The van der Waals surface area contributed by atoms with Crippen LogP contribution in [0, 0.1) is 0 Å². The Bertz CT molecular complexity index is 112. The Morgan fingerprint density at radius 2 is 2.25 bits per heavy atom. The summed E-state index contributed by atoms with van der Waals surface area (Å²) in [7, 11) is 0. The van der Waals surface area contributed by atoms with Crippen LogP contribution in [0.1, 0.15) is 20.3 Å². The van der Waals surface area contributed by atoms with E-state index in [1.807, 2.05) is 6.92 Å². The minimum absolute atomic E-state index is 0.187. The molecule has 0 atom stereocenters. The van der Waals surface area contributed by atoms with E-state index in [4.69, 9.17) is 0 Å². The fourth-order valence-corrected chi connectivity index (χ4v) is 0.353. The van der Waals surface area contributed by atoms with Gasteiger partial charge in [0.05, 0.1) is 0 Å². The highest BCUT2D eigenvalue weighted by molar-refractivity contribution is 5.18. The van der Waals surface area contributed by atoms with E-state index in [-0.39, 0.29) is 5.83 Å². The van der Waals surface area contributed by atoms with Crippen molar-refractivity contribution in [3.63, 3.8) is 0 Å². The van der Waals surface area contributed by atoms with E-state index in [1.54, 1.807) is 6.92 Å². The van der Waals surface area contributed by atoms with E-state index >= 15 is 0 Å². The lowest BCUT2D eigenvalue weighted by Gasteiger charge is -1.89. The minimum Gasteiger partial charge on any atom is -0.207 e. The highest BCUT2D eigenvalue weighted by atomic mass is 19.1. The number of allylic oxidation sites excluding steroid dienone is 3. The summed E-state index contributed by atoms with van der Waals surface area (Å²) in [5.41, 5.74) is 0.506. The predicted octanol–water partition coefficient (Wildman–Crippen LogP) is 2.83. The fraction of sp³-hybridized carbons (Fsp3) is 0.429. The van der Waals surface area contributed by atoms with Crippen LogP contribution in [0.15, 0.2) is 24.1 Å². The van der Waals surface area contributed by atoms with Gasteiger partial charge in [-0.05, 0) is 25.0 Å². The van der Waals surface area contributed by atoms with E-state index in [0.29, 0.717) is 5.57 Å². The molecule has 0 heterocycles. The SMILES string of the molecule is C=C(C)/C(F)=C/CC. The number of rotatable bonds is 2. The Balaban J connectivity index is 3.80. The second-order valence-electron chi connectivity index (χ2n) is 1.74. The first kappa shape index (κ1) is 7.41. The molecule has 0 aromatic heterocycles. The molecule has 0 unspecified atom stereocenters. The smallest absolute Gasteiger partial charge is 0.121 e. The second-order valence-corrected chi connectivity index (χ2v) is 1.74. The Kier molecular flexibility index (Phi) is 3.16. The molecule has 0 spiro atoms. The third-order valence-corrected chi connectivity index (χ3v) is 0.791. The number of halogens is 1. The van der Waals surface area contributed by atoms with E-state index < -0.39 is 0 Å². The molecule has 0 aliphatic rings. The molecule has 0 aromatic carbocycles. The van der Waals surface area contributed by atoms with Gasteiger partial charge in [-0.25, -0.2) is 4.39 Å². The highest BCUT2D eigenvalue weighted by Gasteiger charge is 1.89. The average molecular weight is 114 g/mol. The summed E-state index contributed by atoms with van der Waals surface area (Å²) in [4.78, 5) is 0. The van der Waals surface area contributed by atoms with Gasteiger partial charge in [0.2, 0.25) is 0 Å². The third kappa shape index (κ3) is 2.56. The Morgan fingerprint density at radius 1 is 1.75 bits per heavy atom. The molecular weight excluding hydrogens is 103 g/mol. The van der Waals surface area contributed by atoms with Crippen LogP contribution in [0.2, 0.25) is 0 Å². The molecule has 0 saturated carbocycles. The van der Waals surface area contributed by atoms with Crippen molar-refractivity contribution in [3.8, 4) is 0 Å². The molecule has 1 heteroatoms. The largest absolute Gasteiger partial charge is 0.207 e. The van der Waals surface area contributed by atoms with Crippen molar-refractivity contribution in [1.29, 1.82) is 0 Å². The molecule has 0 rings (SSSR count). The van der Waals surface area contributed by atoms with Crippen LogP contribution >= 0.6 is 0 Å². The molecule has 0 amide bonds. The van der Waals surface area contributed by atoms with E-state index in [2.05, 4.69) is 6.58 Å². The quantitative estimate of drug-likeness (QED) is 0.484. The first-order valence-corrected chi connectivity index (χ1v) is 2.70. The molecule has 0 bridgehead atoms. The molecule has 8 heavy (non-hydrogen) atoms. The monoisotopic (exact) mass is 114 g/mol. The molecule has 0 aliphatic heterocycles. The lowest BCUT2D eigenvalue weighted by atomic mass is 10.3. The molecule has 0 aliphatic carbocycles. The molecule has 0 radical (unpaired) electrons. The van der Waals surface area contributed by atoms with Crippen molar-refractivity contribution < 1.29 is 4.39 Å². The van der Waals surface area contributed by atoms with Crippen molar-refractivity contribution in [2.45, 2.75) is 20.3 Å². The molecule has 0 nitrogen and oxygen atoms in total. The maximum atomic E-state index is 12.3. The van der Waals surface area contributed by atoms with Crippen molar-refractivity contribution in [2.24, 2.45) is 0 Å². The molecular formula is C7H11F. The van der Waals surface area contributed by atoms with Gasteiger partial charge in [-0.15, -0.1) is 0 Å². The topological polar surface area (TPSA) is 0 Å². The Morgan fingerprint density at radius 3 is 2.38 bits per heavy atom. The predicted molar refractivity (Wildman–Crippen MR) is 34.3 cm³/mol. The average Bonchev–Trinajstić information content (AvgIpc) is 1.67. The standard InChI is InChI=1S/C7H11F/c1-4-5-7(8)6(2)3/h5H,2,4H2,1,3H3/b7-5-.